The molecule has 0 aliphatic rings. The number of hydrogen-bond donors (Lipinski definition) is 2. The fourth-order valence-electron chi connectivity index (χ4n) is 1.71. The largest absolute Gasteiger partial charge is 0.380 e. The van der Waals surface area contributed by atoms with Crippen molar-refractivity contribution in [2.75, 3.05) is 18.4 Å². The zero-order chi connectivity index (χ0) is 15.0. The maximum Gasteiger partial charge on any atom is 0.293 e. The summed E-state index contributed by atoms with van der Waals surface area (Å²) < 4.78 is 0. The van der Waals surface area contributed by atoms with Crippen LogP contribution < -0.4 is 10.6 Å². The normalized spacial score (nSPS) is 10.1. The third-order valence-corrected chi connectivity index (χ3v) is 2.84. The maximum atomic E-state index is 11.9. The minimum atomic E-state index is -0.471. The molecule has 0 atom stereocenters. The number of anilines is 1. The molecule has 0 bridgehead atoms. The van der Waals surface area contributed by atoms with E-state index in [4.69, 9.17) is 0 Å². The van der Waals surface area contributed by atoms with E-state index in [2.05, 4.69) is 10.6 Å². The van der Waals surface area contributed by atoms with Crippen LogP contribution in [0.15, 0.2) is 18.2 Å². The van der Waals surface area contributed by atoms with Crippen molar-refractivity contribution in [3.63, 3.8) is 0 Å². The van der Waals surface area contributed by atoms with Gasteiger partial charge in [0.05, 0.1) is 4.92 Å². The van der Waals surface area contributed by atoms with E-state index in [0.717, 1.165) is 19.3 Å². The van der Waals surface area contributed by atoms with Crippen LogP contribution in [-0.2, 0) is 0 Å². The van der Waals surface area contributed by atoms with Gasteiger partial charge >= 0.3 is 0 Å². The highest BCUT2D eigenvalue weighted by atomic mass is 16.6. The number of amides is 1. The Morgan fingerprint density at radius 2 is 2.00 bits per heavy atom. The quantitative estimate of drug-likeness (QED) is 0.435. The number of nitro benzene ring substituents is 1. The molecule has 2 N–H and O–H groups in total. The zero-order valence-corrected chi connectivity index (χ0v) is 11.9. The smallest absolute Gasteiger partial charge is 0.293 e. The first-order valence-corrected chi connectivity index (χ1v) is 6.90. The van der Waals surface area contributed by atoms with E-state index in [1.807, 2.05) is 13.8 Å². The van der Waals surface area contributed by atoms with Crippen LogP contribution in [0, 0.1) is 10.1 Å². The molecule has 1 rings (SSSR count). The molecule has 0 saturated carbocycles. The van der Waals surface area contributed by atoms with Crippen LogP contribution >= 0.6 is 0 Å². The first-order valence-electron chi connectivity index (χ1n) is 6.90. The molecule has 1 aromatic carbocycles. The Labute approximate surface area is 118 Å². The molecule has 6 nitrogen and oxygen atoms in total. The van der Waals surface area contributed by atoms with Crippen LogP contribution in [0.25, 0.3) is 0 Å². The lowest BCUT2D eigenvalue weighted by atomic mass is 10.1. The Morgan fingerprint density at radius 1 is 1.25 bits per heavy atom. The van der Waals surface area contributed by atoms with E-state index < -0.39 is 4.92 Å². The fraction of sp³-hybridized carbons (Fsp3) is 0.500. The lowest BCUT2D eigenvalue weighted by molar-refractivity contribution is -0.384. The first-order chi connectivity index (χ1) is 9.60. The van der Waals surface area contributed by atoms with Crippen LogP contribution in [0.2, 0.25) is 0 Å². The van der Waals surface area contributed by atoms with Gasteiger partial charge in [0.25, 0.3) is 11.6 Å². The van der Waals surface area contributed by atoms with Gasteiger partial charge in [0.1, 0.15) is 5.69 Å². The Hall–Kier alpha value is -2.11. The highest BCUT2D eigenvalue weighted by Gasteiger charge is 2.17. The van der Waals surface area contributed by atoms with E-state index in [-0.39, 0.29) is 11.6 Å². The summed E-state index contributed by atoms with van der Waals surface area (Å²) in [6.45, 7) is 5.25. The Balaban J connectivity index is 2.86. The van der Waals surface area contributed by atoms with Crippen molar-refractivity contribution in [2.24, 2.45) is 0 Å². The van der Waals surface area contributed by atoms with Crippen LogP contribution in [0.3, 0.4) is 0 Å². The summed E-state index contributed by atoms with van der Waals surface area (Å²) in [7, 11) is 0. The van der Waals surface area contributed by atoms with Gasteiger partial charge in [-0.25, -0.2) is 0 Å². The van der Waals surface area contributed by atoms with E-state index in [1.54, 1.807) is 12.1 Å². The molecule has 0 aliphatic heterocycles. The molecular formula is C14H21N3O3. The summed E-state index contributed by atoms with van der Waals surface area (Å²) in [5.74, 6) is -0.274. The number of carbonyl (C=O) groups is 1. The van der Waals surface area contributed by atoms with Gasteiger partial charge in [-0.3, -0.25) is 14.9 Å². The van der Waals surface area contributed by atoms with E-state index >= 15 is 0 Å². The SMILES string of the molecule is CCCCNC(=O)c1ccc(NCCC)c([N+](=O)[O-])c1. The van der Waals surface area contributed by atoms with Gasteiger partial charge in [-0.15, -0.1) is 0 Å². The highest BCUT2D eigenvalue weighted by molar-refractivity contribution is 5.95. The van der Waals surface area contributed by atoms with Gasteiger partial charge in [-0.05, 0) is 25.0 Å². The summed E-state index contributed by atoms with van der Waals surface area (Å²) in [4.78, 5) is 22.4. The second kappa shape index (κ2) is 8.14. The minimum absolute atomic E-state index is 0.0680. The summed E-state index contributed by atoms with van der Waals surface area (Å²) in [5.41, 5.74) is 0.693. The molecule has 110 valence electrons. The number of nitro groups is 1. The van der Waals surface area contributed by atoms with Crippen LogP contribution in [-0.4, -0.2) is 23.9 Å². The van der Waals surface area contributed by atoms with Gasteiger partial charge in [-0.2, -0.15) is 0 Å². The van der Waals surface area contributed by atoms with Gasteiger partial charge in [0, 0.05) is 24.7 Å². The number of unbranched alkanes of at least 4 members (excludes halogenated alkanes) is 1. The molecule has 0 radical (unpaired) electrons. The Bertz CT molecular complexity index is 475. The average Bonchev–Trinajstić information content (AvgIpc) is 2.45. The molecule has 0 unspecified atom stereocenters. The van der Waals surface area contributed by atoms with Gasteiger partial charge in [0.2, 0.25) is 0 Å². The van der Waals surface area contributed by atoms with Crippen LogP contribution in [0.1, 0.15) is 43.5 Å². The summed E-state index contributed by atoms with van der Waals surface area (Å²) in [5, 5.41) is 16.8. The molecule has 1 aromatic rings. The molecule has 1 amide bonds. The number of benzene rings is 1. The van der Waals surface area contributed by atoms with E-state index in [9.17, 15) is 14.9 Å². The lowest BCUT2D eigenvalue weighted by Crippen LogP contribution is -2.24. The molecule has 6 heteroatoms. The number of hydrogen-bond acceptors (Lipinski definition) is 4. The number of nitrogens with one attached hydrogen (secondary N) is 2. The zero-order valence-electron chi connectivity index (χ0n) is 11.9. The second-order valence-corrected chi connectivity index (χ2v) is 4.53. The second-order valence-electron chi connectivity index (χ2n) is 4.53. The van der Waals surface area contributed by atoms with Gasteiger partial charge < -0.3 is 10.6 Å². The predicted octanol–water partition coefficient (Wildman–Crippen LogP) is 2.95. The van der Waals surface area contributed by atoms with Crippen molar-refractivity contribution in [2.45, 2.75) is 33.1 Å². The summed E-state index contributed by atoms with van der Waals surface area (Å²) >= 11 is 0. The number of nitrogens with zero attached hydrogens (tertiary/aromatic N) is 1. The summed E-state index contributed by atoms with van der Waals surface area (Å²) in [6.07, 6.45) is 2.75. The molecule has 0 fully saturated rings. The molecule has 0 saturated heterocycles. The van der Waals surface area contributed by atoms with Crippen molar-refractivity contribution in [1.29, 1.82) is 0 Å². The number of carbonyl (C=O) groups excluding carboxylic acids is 1. The Morgan fingerprint density at radius 3 is 2.60 bits per heavy atom. The third kappa shape index (κ3) is 4.53. The van der Waals surface area contributed by atoms with Gasteiger partial charge in [-0.1, -0.05) is 20.3 Å². The fourth-order valence-corrected chi connectivity index (χ4v) is 1.71. The first kappa shape index (κ1) is 15.9. The third-order valence-electron chi connectivity index (χ3n) is 2.84. The van der Waals surface area contributed by atoms with Crippen LogP contribution in [0.4, 0.5) is 11.4 Å². The van der Waals surface area contributed by atoms with Crippen molar-refractivity contribution in [3.8, 4) is 0 Å². The predicted molar refractivity (Wildman–Crippen MR) is 79.1 cm³/mol. The monoisotopic (exact) mass is 279 g/mol. The average molecular weight is 279 g/mol. The molecular weight excluding hydrogens is 258 g/mol. The molecule has 0 aliphatic carbocycles. The molecule has 0 aromatic heterocycles. The Kier molecular flexibility index (Phi) is 6.49. The standard InChI is InChI=1S/C14H21N3O3/c1-3-5-9-16-14(18)11-6-7-12(15-8-4-2)13(10-11)17(19)20/h6-7,10,15H,3-5,8-9H2,1-2H3,(H,16,18). The van der Waals surface area contributed by atoms with Crippen molar-refractivity contribution >= 4 is 17.3 Å². The lowest BCUT2D eigenvalue weighted by Gasteiger charge is -2.08. The highest BCUT2D eigenvalue weighted by Crippen LogP contribution is 2.25. The van der Waals surface area contributed by atoms with Crippen molar-refractivity contribution in [3.05, 3.63) is 33.9 Å². The topological polar surface area (TPSA) is 84.3 Å². The van der Waals surface area contributed by atoms with Crippen molar-refractivity contribution in [1.82, 2.24) is 5.32 Å². The summed E-state index contributed by atoms with van der Waals surface area (Å²) in [6, 6.07) is 4.51. The van der Waals surface area contributed by atoms with Crippen molar-refractivity contribution < 1.29 is 9.72 Å². The van der Waals surface area contributed by atoms with E-state index in [1.165, 1.54) is 6.07 Å². The molecule has 0 spiro atoms. The maximum absolute atomic E-state index is 11.9. The minimum Gasteiger partial charge on any atom is -0.380 e. The van der Waals surface area contributed by atoms with Crippen LogP contribution in [0.5, 0.6) is 0 Å². The molecule has 0 heterocycles. The number of rotatable bonds is 8. The van der Waals surface area contributed by atoms with Gasteiger partial charge in [0.15, 0.2) is 0 Å². The van der Waals surface area contributed by atoms with E-state index in [0.29, 0.717) is 24.3 Å². The molecule has 20 heavy (non-hydrogen) atoms.